The lowest BCUT2D eigenvalue weighted by atomic mass is 10.0. The number of nitro groups is 1. The highest BCUT2D eigenvalue weighted by atomic mass is 16.6. The Hall–Kier alpha value is -2.62. The first-order valence-corrected chi connectivity index (χ1v) is 5.45. The van der Waals surface area contributed by atoms with Crippen molar-refractivity contribution < 1.29 is 19.2 Å². The predicted octanol–water partition coefficient (Wildman–Crippen LogP) is 1.58. The van der Waals surface area contributed by atoms with Gasteiger partial charge in [0.25, 0.3) is 0 Å². The number of benzene rings is 1. The van der Waals surface area contributed by atoms with Gasteiger partial charge in [-0.15, -0.1) is 0 Å². The van der Waals surface area contributed by atoms with Gasteiger partial charge in [-0.1, -0.05) is 6.07 Å². The summed E-state index contributed by atoms with van der Waals surface area (Å²) in [5, 5.41) is 19.9. The summed E-state index contributed by atoms with van der Waals surface area (Å²) in [6, 6.07) is 4.38. The van der Waals surface area contributed by atoms with Gasteiger partial charge in [0.15, 0.2) is 0 Å². The molecule has 0 fully saturated rings. The monoisotopic (exact) mass is 264 g/mol. The summed E-state index contributed by atoms with van der Waals surface area (Å²) in [7, 11) is 1.23. The molecule has 0 heterocycles. The van der Waals surface area contributed by atoms with E-state index in [0.29, 0.717) is 5.56 Å². The van der Waals surface area contributed by atoms with Gasteiger partial charge in [-0.05, 0) is 12.5 Å². The number of ether oxygens (including phenoxy) is 2. The Morgan fingerprint density at radius 3 is 2.68 bits per heavy atom. The molecule has 1 aromatic carbocycles. The minimum atomic E-state index is -0.645. The first kappa shape index (κ1) is 14.4. The highest BCUT2D eigenvalue weighted by Gasteiger charge is 2.23. The molecule has 0 aromatic heterocycles. The molecule has 0 saturated carbocycles. The number of nitrogens with zero attached hydrogens (tertiary/aromatic N) is 2. The van der Waals surface area contributed by atoms with Crippen LogP contribution in [0.15, 0.2) is 12.1 Å². The average molecular weight is 264 g/mol. The molecule has 0 spiro atoms. The fourth-order valence-corrected chi connectivity index (χ4v) is 1.60. The van der Waals surface area contributed by atoms with Crippen LogP contribution in [0.1, 0.15) is 18.1 Å². The molecule has 0 radical (unpaired) electrons. The van der Waals surface area contributed by atoms with E-state index < -0.39 is 10.9 Å². The number of carbonyl (C=O) groups excluding carboxylic acids is 1. The summed E-state index contributed by atoms with van der Waals surface area (Å²) in [6.07, 6.45) is -0.134. The Morgan fingerprint density at radius 1 is 1.53 bits per heavy atom. The number of esters is 1. The van der Waals surface area contributed by atoms with Crippen LogP contribution in [0.5, 0.6) is 5.75 Å². The summed E-state index contributed by atoms with van der Waals surface area (Å²) in [4.78, 5) is 21.6. The van der Waals surface area contributed by atoms with E-state index in [9.17, 15) is 14.9 Å². The second kappa shape index (κ2) is 6.35. The molecule has 0 saturated heterocycles. The zero-order valence-electron chi connectivity index (χ0n) is 10.5. The summed E-state index contributed by atoms with van der Waals surface area (Å²) in [5.41, 5.74) is -0.000174. The van der Waals surface area contributed by atoms with Crippen LogP contribution >= 0.6 is 0 Å². The zero-order valence-corrected chi connectivity index (χ0v) is 10.5. The van der Waals surface area contributed by atoms with Gasteiger partial charge < -0.3 is 9.47 Å². The van der Waals surface area contributed by atoms with Gasteiger partial charge in [0.2, 0.25) is 5.75 Å². The average Bonchev–Trinajstić information content (AvgIpc) is 2.37. The SMILES string of the molecule is CCOC(=O)Cc1ccc([N+](=O)[O-])c(OC)c1C#N. The Labute approximate surface area is 109 Å². The molecule has 1 rings (SSSR count). The molecule has 0 bridgehead atoms. The molecule has 100 valence electrons. The second-order valence-electron chi connectivity index (χ2n) is 3.50. The van der Waals surface area contributed by atoms with Crippen LogP contribution in [0, 0.1) is 21.4 Å². The predicted molar refractivity (Wildman–Crippen MR) is 64.7 cm³/mol. The molecule has 0 aliphatic rings. The number of nitro benzene ring substituents is 1. The number of rotatable bonds is 5. The van der Waals surface area contributed by atoms with Crippen molar-refractivity contribution in [2.24, 2.45) is 0 Å². The maximum absolute atomic E-state index is 11.4. The highest BCUT2D eigenvalue weighted by Crippen LogP contribution is 2.32. The Kier molecular flexibility index (Phi) is 4.83. The minimum absolute atomic E-state index is 0.0234. The van der Waals surface area contributed by atoms with Crippen molar-refractivity contribution in [3.63, 3.8) is 0 Å². The largest absolute Gasteiger partial charge is 0.489 e. The van der Waals surface area contributed by atoms with E-state index in [1.807, 2.05) is 6.07 Å². The first-order chi connectivity index (χ1) is 9.04. The maximum Gasteiger partial charge on any atom is 0.312 e. The number of nitriles is 1. The van der Waals surface area contributed by atoms with E-state index in [1.54, 1.807) is 6.92 Å². The van der Waals surface area contributed by atoms with Gasteiger partial charge in [-0.3, -0.25) is 14.9 Å². The van der Waals surface area contributed by atoms with Gasteiger partial charge in [-0.25, -0.2) is 0 Å². The lowest BCUT2D eigenvalue weighted by Crippen LogP contribution is -2.09. The van der Waals surface area contributed by atoms with Gasteiger partial charge in [0.05, 0.1) is 25.1 Å². The molecular weight excluding hydrogens is 252 g/mol. The second-order valence-corrected chi connectivity index (χ2v) is 3.50. The lowest BCUT2D eigenvalue weighted by molar-refractivity contribution is -0.385. The van der Waals surface area contributed by atoms with E-state index in [-0.39, 0.29) is 30.0 Å². The van der Waals surface area contributed by atoms with E-state index in [0.717, 1.165) is 0 Å². The van der Waals surface area contributed by atoms with Crippen molar-refractivity contribution in [3.8, 4) is 11.8 Å². The molecule has 0 aliphatic carbocycles. The lowest BCUT2D eigenvalue weighted by Gasteiger charge is -2.08. The molecule has 0 aliphatic heterocycles. The standard InChI is InChI=1S/C12H12N2O5/c1-3-19-11(15)6-8-4-5-10(14(16)17)12(18-2)9(8)7-13/h4-5H,3,6H2,1-2H3. The molecule has 1 aromatic rings. The van der Waals surface area contributed by atoms with Crippen molar-refractivity contribution in [3.05, 3.63) is 33.4 Å². The Balaban J connectivity index is 3.25. The Morgan fingerprint density at radius 2 is 2.21 bits per heavy atom. The summed E-state index contributed by atoms with van der Waals surface area (Å²) >= 11 is 0. The third kappa shape index (κ3) is 3.19. The van der Waals surface area contributed by atoms with Gasteiger partial charge >= 0.3 is 11.7 Å². The van der Waals surface area contributed by atoms with Gasteiger partial charge in [-0.2, -0.15) is 5.26 Å². The Bertz CT molecular complexity index is 548. The molecule has 0 unspecified atom stereocenters. The van der Waals surface area contributed by atoms with Crippen LogP contribution in [0.3, 0.4) is 0 Å². The molecule has 0 atom stereocenters. The summed E-state index contributed by atoms with van der Waals surface area (Å²) in [5.74, 6) is -0.649. The molecule has 0 amide bonds. The summed E-state index contributed by atoms with van der Waals surface area (Å²) in [6.45, 7) is 1.89. The third-order valence-electron chi connectivity index (χ3n) is 2.38. The normalized spacial score (nSPS) is 9.53. The minimum Gasteiger partial charge on any atom is -0.489 e. The molecule has 7 heteroatoms. The van der Waals surface area contributed by atoms with Crippen LogP contribution < -0.4 is 4.74 Å². The third-order valence-corrected chi connectivity index (χ3v) is 2.38. The van der Waals surface area contributed by atoms with Crippen molar-refractivity contribution in [1.29, 1.82) is 5.26 Å². The quantitative estimate of drug-likeness (QED) is 0.454. The topological polar surface area (TPSA) is 102 Å². The highest BCUT2D eigenvalue weighted by molar-refractivity contribution is 5.75. The van der Waals surface area contributed by atoms with E-state index in [2.05, 4.69) is 0 Å². The zero-order chi connectivity index (χ0) is 14.4. The number of hydrogen-bond acceptors (Lipinski definition) is 6. The van der Waals surface area contributed by atoms with Crippen LogP contribution in [0.25, 0.3) is 0 Å². The van der Waals surface area contributed by atoms with Crippen LogP contribution in [0.2, 0.25) is 0 Å². The molecule has 19 heavy (non-hydrogen) atoms. The van der Waals surface area contributed by atoms with Crippen molar-refractivity contribution in [1.82, 2.24) is 0 Å². The van der Waals surface area contributed by atoms with Crippen LogP contribution in [-0.2, 0) is 16.0 Å². The number of carbonyl (C=O) groups is 1. The van der Waals surface area contributed by atoms with Crippen molar-refractivity contribution >= 4 is 11.7 Å². The van der Waals surface area contributed by atoms with E-state index in [1.165, 1.54) is 19.2 Å². The number of hydrogen-bond donors (Lipinski definition) is 0. The van der Waals surface area contributed by atoms with Crippen LogP contribution in [-0.4, -0.2) is 24.6 Å². The van der Waals surface area contributed by atoms with Crippen molar-refractivity contribution in [2.45, 2.75) is 13.3 Å². The number of methoxy groups -OCH3 is 1. The molecule has 7 nitrogen and oxygen atoms in total. The van der Waals surface area contributed by atoms with Crippen LogP contribution in [0.4, 0.5) is 5.69 Å². The smallest absolute Gasteiger partial charge is 0.312 e. The fourth-order valence-electron chi connectivity index (χ4n) is 1.60. The molecular formula is C12H12N2O5. The van der Waals surface area contributed by atoms with Crippen molar-refractivity contribution in [2.75, 3.05) is 13.7 Å². The van der Waals surface area contributed by atoms with E-state index >= 15 is 0 Å². The van der Waals surface area contributed by atoms with E-state index in [4.69, 9.17) is 14.7 Å². The fraction of sp³-hybridized carbons (Fsp3) is 0.333. The van der Waals surface area contributed by atoms with Gasteiger partial charge in [0.1, 0.15) is 11.6 Å². The summed E-state index contributed by atoms with van der Waals surface area (Å²) < 4.78 is 9.67. The first-order valence-electron chi connectivity index (χ1n) is 5.45. The molecule has 0 N–H and O–H groups in total. The van der Waals surface area contributed by atoms with Gasteiger partial charge in [0, 0.05) is 6.07 Å². The maximum atomic E-state index is 11.4.